The van der Waals surface area contributed by atoms with E-state index in [1.165, 1.54) is 0 Å². The van der Waals surface area contributed by atoms with Crippen molar-refractivity contribution in [3.8, 4) is 5.75 Å². The van der Waals surface area contributed by atoms with Gasteiger partial charge in [-0.05, 0) is 12.1 Å². The monoisotopic (exact) mass is 273 g/mol. The number of amidine groups is 1. The van der Waals surface area contributed by atoms with E-state index in [0.29, 0.717) is 0 Å². The third-order valence-corrected chi connectivity index (χ3v) is 2.17. The average Bonchev–Trinajstić information content (AvgIpc) is 2.25. The van der Waals surface area contributed by atoms with Gasteiger partial charge in [-0.2, -0.15) is 0 Å². The first-order chi connectivity index (χ1) is 7.15. The zero-order valence-electron chi connectivity index (χ0n) is 8.20. The molecule has 0 atom stereocenters. The molecule has 0 aliphatic heterocycles. The highest BCUT2D eigenvalue weighted by Gasteiger charge is 2.00. The van der Waals surface area contributed by atoms with Crippen LogP contribution in [-0.4, -0.2) is 24.7 Å². The van der Waals surface area contributed by atoms with Gasteiger partial charge in [0.25, 0.3) is 0 Å². The van der Waals surface area contributed by atoms with Crippen LogP contribution in [0.5, 0.6) is 5.75 Å². The third-order valence-electron chi connectivity index (χ3n) is 1.71. The van der Waals surface area contributed by atoms with E-state index in [-0.39, 0.29) is 12.4 Å². The van der Waals surface area contributed by atoms with Crippen molar-refractivity contribution in [2.24, 2.45) is 10.9 Å². The van der Waals surface area contributed by atoms with Crippen molar-refractivity contribution in [2.45, 2.75) is 0 Å². The zero-order chi connectivity index (χ0) is 11.3. The number of halogens is 1. The summed E-state index contributed by atoms with van der Waals surface area (Å²) >= 11 is 3.35. The van der Waals surface area contributed by atoms with E-state index in [1.807, 2.05) is 18.2 Å². The molecule has 1 rings (SSSR count). The molecule has 0 saturated carbocycles. The van der Waals surface area contributed by atoms with E-state index in [0.717, 1.165) is 15.9 Å². The number of rotatable bonds is 4. The van der Waals surface area contributed by atoms with Gasteiger partial charge >= 0.3 is 0 Å². The van der Waals surface area contributed by atoms with Crippen molar-refractivity contribution in [1.82, 2.24) is 0 Å². The Bertz CT molecular complexity index is 368. The van der Waals surface area contributed by atoms with Crippen molar-refractivity contribution in [1.29, 1.82) is 0 Å². The molecule has 0 saturated heterocycles. The first kappa shape index (κ1) is 11.6. The van der Waals surface area contributed by atoms with Crippen molar-refractivity contribution >= 4 is 27.5 Å². The summed E-state index contributed by atoms with van der Waals surface area (Å²) in [7, 11) is 1.59. The molecule has 1 aromatic rings. The van der Waals surface area contributed by atoms with Gasteiger partial charge < -0.3 is 21.0 Å². The molecule has 15 heavy (non-hydrogen) atoms. The molecule has 0 aromatic heterocycles. The van der Waals surface area contributed by atoms with Crippen molar-refractivity contribution < 1.29 is 9.94 Å². The van der Waals surface area contributed by atoms with Crippen LogP contribution in [0.3, 0.4) is 0 Å². The number of ether oxygens (including phenoxy) is 1. The number of hydrogen-bond donors (Lipinski definition) is 3. The largest absolute Gasteiger partial charge is 0.497 e. The quantitative estimate of drug-likeness (QED) is 0.337. The maximum Gasteiger partial charge on any atom is 0.158 e. The van der Waals surface area contributed by atoms with Crippen LogP contribution in [-0.2, 0) is 0 Å². The molecule has 0 aliphatic rings. The molecule has 0 radical (unpaired) electrons. The predicted molar refractivity (Wildman–Crippen MR) is 62.6 cm³/mol. The highest BCUT2D eigenvalue weighted by molar-refractivity contribution is 9.10. The standard InChI is InChI=1S/C9H12BrN3O2/c1-15-8-3-6(10)2-7(4-8)12-5-9(11)13-14/h2-4,12,14H,5H2,1H3,(H2,11,13). The van der Waals surface area contributed by atoms with E-state index < -0.39 is 0 Å². The summed E-state index contributed by atoms with van der Waals surface area (Å²) in [5, 5.41) is 14.2. The first-order valence-corrected chi connectivity index (χ1v) is 5.00. The molecule has 4 N–H and O–H groups in total. The molecule has 0 bridgehead atoms. The Hall–Kier alpha value is -1.43. The average molecular weight is 274 g/mol. The number of oxime groups is 1. The molecule has 0 heterocycles. The maximum absolute atomic E-state index is 8.36. The van der Waals surface area contributed by atoms with Gasteiger partial charge in [-0.3, -0.25) is 0 Å². The van der Waals surface area contributed by atoms with Gasteiger partial charge in [-0.15, -0.1) is 0 Å². The smallest absolute Gasteiger partial charge is 0.158 e. The molecule has 82 valence electrons. The summed E-state index contributed by atoms with van der Waals surface area (Å²) in [5.41, 5.74) is 6.15. The van der Waals surface area contributed by atoms with Gasteiger partial charge in [-0.1, -0.05) is 21.1 Å². The first-order valence-electron chi connectivity index (χ1n) is 4.20. The van der Waals surface area contributed by atoms with Crippen molar-refractivity contribution in [2.75, 3.05) is 19.0 Å². The SMILES string of the molecule is COc1cc(Br)cc(NC/C(N)=N/O)c1. The lowest BCUT2D eigenvalue weighted by Gasteiger charge is -2.08. The molecule has 0 fully saturated rings. The minimum atomic E-state index is 0.119. The Morgan fingerprint density at radius 2 is 2.33 bits per heavy atom. The Morgan fingerprint density at radius 3 is 2.93 bits per heavy atom. The molecule has 1 aromatic carbocycles. The van der Waals surface area contributed by atoms with Gasteiger partial charge in [-0.25, -0.2) is 0 Å². The lowest BCUT2D eigenvalue weighted by atomic mass is 10.3. The number of hydrogen-bond acceptors (Lipinski definition) is 4. The number of nitrogens with two attached hydrogens (primary N) is 1. The Morgan fingerprint density at radius 1 is 1.60 bits per heavy atom. The Labute approximate surface area is 96.0 Å². The highest BCUT2D eigenvalue weighted by atomic mass is 79.9. The van der Waals surface area contributed by atoms with E-state index >= 15 is 0 Å². The van der Waals surface area contributed by atoms with E-state index in [4.69, 9.17) is 15.7 Å². The van der Waals surface area contributed by atoms with Crippen LogP contribution in [0.4, 0.5) is 5.69 Å². The highest BCUT2D eigenvalue weighted by Crippen LogP contribution is 2.24. The molecule has 0 aliphatic carbocycles. The van der Waals surface area contributed by atoms with Gasteiger partial charge in [0.1, 0.15) is 5.75 Å². The Balaban J connectivity index is 2.72. The minimum Gasteiger partial charge on any atom is -0.497 e. The van der Waals surface area contributed by atoms with Crippen LogP contribution in [0.25, 0.3) is 0 Å². The zero-order valence-corrected chi connectivity index (χ0v) is 9.78. The summed E-state index contributed by atoms with van der Waals surface area (Å²) in [6.07, 6.45) is 0. The van der Waals surface area contributed by atoms with Gasteiger partial charge in [0, 0.05) is 16.2 Å². The van der Waals surface area contributed by atoms with Crippen LogP contribution in [0, 0.1) is 0 Å². The molecule has 0 spiro atoms. The minimum absolute atomic E-state index is 0.119. The summed E-state index contributed by atoms with van der Waals surface area (Å²) in [6, 6.07) is 5.53. The summed E-state index contributed by atoms with van der Waals surface area (Å²) in [4.78, 5) is 0. The van der Waals surface area contributed by atoms with Crippen molar-refractivity contribution in [3.63, 3.8) is 0 Å². The summed E-state index contributed by atoms with van der Waals surface area (Å²) in [5.74, 6) is 0.848. The molecule has 6 heteroatoms. The fourth-order valence-electron chi connectivity index (χ4n) is 1.01. The normalized spacial score (nSPS) is 11.2. The van der Waals surface area contributed by atoms with E-state index in [2.05, 4.69) is 26.4 Å². The van der Waals surface area contributed by atoms with Gasteiger partial charge in [0.15, 0.2) is 5.84 Å². The summed E-state index contributed by atoms with van der Waals surface area (Å²) in [6.45, 7) is 0.274. The Kier molecular flexibility index (Phi) is 4.23. The van der Waals surface area contributed by atoms with Crippen LogP contribution >= 0.6 is 15.9 Å². The van der Waals surface area contributed by atoms with Crippen LogP contribution in [0.1, 0.15) is 0 Å². The molecule has 0 unspecified atom stereocenters. The second-order valence-corrected chi connectivity index (χ2v) is 3.74. The second kappa shape index (κ2) is 5.45. The van der Waals surface area contributed by atoms with Crippen LogP contribution in [0.15, 0.2) is 27.8 Å². The fraction of sp³-hybridized carbons (Fsp3) is 0.222. The number of nitrogens with one attached hydrogen (secondary N) is 1. The maximum atomic E-state index is 8.36. The third kappa shape index (κ3) is 3.67. The molecular formula is C9H12BrN3O2. The number of benzene rings is 1. The fourth-order valence-corrected chi connectivity index (χ4v) is 1.48. The number of methoxy groups -OCH3 is 1. The lowest BCUT2D eigenvalue weighted by molar-refractivity contribution is 0.317. The van der Waals surface area contributed by atoms with Gasteiger partial charge in [0.05, 0.1) is 13.7 Å². The number of nitrogens with zero attached hydrogens (tertiary/aromatic N) is 1. The predicted octanol–water partition coefficient (Wildman–Crippen LogP) is 1.62. The lowest BCUT2D eigenvalue weighted by Crippen LogP contribution is -2.22. The van der Waals surface area contributed by atoms with Gasteiger partial charge in [0.2, 0.25) is 0 Å². The molecule has 0 amide bonds. The second-order valence-electron chi connectivity index (χ2n) is 2.82. The van der Waals surface area contributed by atoms with Crippen LogP contribution in [0.2, 0.25) is 0 Å². The summed E-state index contributed by atoms with van der Waals surface area (Å²) < 4.78 is 5.98. The van der Waals surface area contributed by atoms with Crippen molar-refractivity contribution in [3.05, 3.63) is 22.7 Å². The molecule has 5 nitrogen and oxygen atoms in total. The topological polar surface area (TPSA) is 79.9 Å². The van der Waals surface area contributed by atoms with Crippen LogP contribution < -0.4 is 15.8 Å². The number of anilines is 1. The van der Waals surface area contributed by atoms with E-state index in [9.17, 15) is 0 Å². The van der Waals surface area contributed by atoms with E-state index in [1.54, 1.807) is 7.11 Å². The molecular weight excluding hydrogens is 262 g/mol.